The molecular formula is C12H20N2O4. The molecule has 0 aromatic carbocycles. The molecule has 2 atom stereocenters. The summed E-state index contributed by atoms with van der Waals surface area (Å²) < 4.78 is 5.31. The number of carbonyl (C=O) groups is 2. The number of hydrogen-bond donors (Lipinski definition) is 2. The summed E-state index contributed by atoms with van der Waals surface area (Å²) in [4.78, 5) is 24.3. The molecule has 0 heterocycles. The van der Waals surface area contributed by atoms with E-state index >= 15 is 0 Å². The van der Waals surface area contributed by atoms with Gasteiger partial charge in [0.25, 0.3) is 0 Å². The Hall–Kier alpha value is -1.30. The highest BCUT2D eigenvalue weighted by atomic mass is 16.5. The van der Waals surface area contributed by atoms with Crippen LogP contribution in [0, 0.1) is 0 Å². The van der Waals surface area contributed by atoms with E-state index in [0.717, 1.165) is 32.1 Å². The molecule has 2 N–H and O–H groups in total. The summed E-state index contributed by atoms with van der Waals surface area (Å²) in [5.41, 5.74) is 0. The van der Waals surface area contributed by atoms with Crippen LogP contribution in [-0.4, -0.2) is 53.8 Å². The van der Waals surface area contributed by atoms with E-state index in [1.54, 1.807) is 7.11 Å². The van der Waals surface area contributed by atoms with E-state index in [1.807, 2.05) is 0 Å². The molecule has 0 aromatic rings. The minimum atomic E-state index is -0.966. The van der Waals surface area contributed by atoms with E-state index in [-0.39, 0.29) is 30.8 Å². The topological polar surface area (TPSA) is 78.9 Å². The average Bonchev–Trinajstić information content (AvgIpc) is 3.06. The Bertz CT molecular complexity index is 330. The molecular weight excluding hydrogens is 236 g/mol. The number of urea groups is 1. The predicted molar refractivity (Wildman–Crippen MR) is 64.3 cm³/mol. The van der Waals surface area contributed by atoms with Crippen LogP contribution in [0.3, 0.4) is 0 Å². The average molecular weight is 256 g/mol. The number of aliphatic carboxylic acids is 1. The fraction of sp³-hybridized carbons (Fsp3) is 0.833. The smallest absolute Gasteiger partial charge is 0.323 e. The normalized spacial score (nSPS) is 26.9. The first-order valence-corrected chi connectivity index (χ1v) is 6.43. The van der Waals surface area contributed by atoms with Crippen LogP contribution in [0.2, 0.25) is 0 Å². The first kappa shape index (κ1) is 13.1. The maximum Gasteiger partial charge on any atom is 0.323 e. The van der Waals surface area contributed by atoms with Crippen molar-refractivity contribution in [3.8, 4) is 0 Å². The molecule has 0 radical (unpaired) electrons. The van der Waals surface area contributed by atoms with Crippen molar-refractivity contribution in [1.82, 2.24) is 10.2 Å². The highest BCUT2D eigenvalue weighted by Gasteiger charge is 2.36. The molecule has 18 heavy (non-hydrogen) atoms. The van der Waals surface area contributed by atoms with Crippen molar-refractivity contribution in [2.24, 2.45) is 0 Å². The van der Waals surface area contributed by atoms with Crippen LogP contribution in [0.1, 0.15) is 32.1 Å². The molecule has 2 rings (SSSR count). The van der Waals surface area contributed by atoms with Gasteiger partial charge in [0.2, 0.25) is 0 Å². The Morgan fingerprint density at radius 2 is 2.06 bits per heavy atom. The van der Waals surface area contributed by atoms with Crippen molar-refractivity contribution in [1.29, 1.82) is 0 Å². The van der Waals surface area contributed by atoms with Crippen LogP contribution >= 0.6 is 0 Å². The Kier molecular flexibility index (Phi) is 4.06. The van der Waals surface area contributed by atoms with Gasteiger partial charge in [-0.3, -0.25) is 4.79 Å². The third kappa shape index (κ3) is 3.13. The summed E-state index contributed by atoms with van der Waals surface area (Å²) in [5, 5.41) is 11.7. The molecule has 102 valence electrons. The Labute approximate surface area is 106 Å². The predicted octanol–water partition coefficient (Wildman–Crippen LogP) is 0.812. The molecule has 0 aliphatic heterocycles. The number of carbonyl (C=O) groups excluding carboxylic acids is 1. The second-order valence-electron chi connectivity index (χ2n) is 5.01. The summed E-state index contributed by atoms with van der Waals surface area (Å²) in [6, 6.07) is -0.158. The van der Waals surface area contributed by atoms with Gasteiger partial charge in [0.15, 0.2) is 0 Å². The zero-order valence-corrected chi connectivity index (χ0v) is 10.6. The number of carboxylic acids is 1. The second-order valence-corrected chi connectivity index (χ2v) is 5.01. The molecule has 0 bridgehead atoms. The zero-order chi connectivity index (χ0) is 13.1. The maximum absolute atomic E-state index is 12.1. The molecule has 2 aliphatic rings. The number of rotatable bonds is 5. The fourth-order valence-electron chi connectivity index (χ4n) is 2.51. The van der Waals surface area contributed by atoms with Crippen molar-refractivity contribution in [2.45, 2.75) is 50.3 Å². The molecule has 0 spiro atoms. The van der Waals surface area contributed by atoms with E-state index < -0.39 is 5.97 Å². The van der Waals surface area contributed by atoms with E-state index in [0.29, 0.717) is 0 Å². The van der Waals surface area contributed by atoms with Gasteiger partial charge in [0.05, 0.1) is 12.1 Å². The monoisotopic (exact) mass is 256 g/mol. The first-order chi connectivity index (χ1) is 8.61. The summed E-state index contributed by atoms with van der Waals surface area (Å²) in [7, 11) is 1.64. The van der Waals surface area contributed by atoms with Crippen LogP contribution < -0.4 is 5.32 Å². The van der Waals surface area contributed by atoms with Crippen molar-refractivity contribution in [2.75, 3.05) is 13.7 Å². The molecule has 2 aliphatic carbocycles. The van der Waals surface area contributed by atoms with E-state index in [2.05, 4.69) is 5.32 Å². The van der Waals surface area contributed by atoms with Crippen molar-refractivity contribution in [3.63, 3.8) is 0 Å². The highest BCUT2D eigenvalue weighted by molar-refractivity contribution is 5.81. The van der Waals surface area contributed by atoms with Crippen LogP contribution in [-0.2, 0) is 9.53 Å². The number of nitrogens with one attached hydrogen (secondary N) is 1. The Morgan fingerprint density at radius 1 is 1.33 bits per heavy atom. The highest BCUT2D eigenvalue weighted by Crippen LogP contribution is 2.27. The molecule has 2 fully saturated rings. The maximum atomic E-state index is 12.1. The van der Waals surface area contributed by atoms with Gasteiger partial charge in [0.1, 0.15) is 6.54 Å². The van der Waals surface area contributed by atoms with Crippen molar-refractivity contribution >= 4 is 12.0 Å². The van der Waals surface area contributed by atoms with Gasteiger partial charge in [-0.25, -0.2) is 4.79 Å². The lowest BCUT2D eigenvalue weighted by Crippen LogP contribution is -2.50. The summed E-state index contributed by atoms with van der Waals surface area (Å²) >= 11 is 0. The van der Waals surface area contributed by atoms with Crippen LogP contribution in [0.5, 0.6) is 0 Å². The summed E-state index contributed by atoms with van der Waals surface area (Å²) in [6.45, 7) is -0.221. The van der Waals surface area contributed by atoms with Gasteiger partial charge in [0, 0.05) is 13.2 Å². The van der Waals surface area contributed by atoms with Gasteiger partial charge in [-0.2, -0.15) is 0 Å². The summed E-state index contributed by atoms with van der Waals surface area (Å²) in [6.07, 6.45) is 4.74. The van der Waals surface area contributed by atoms with E-state index in [1.165, 1.54) is 4.90 Å². The second kappa shape index (κ2) is 5.56. The Balaban J connectivity index is 1.90. The van der Waals surface area contributed by atoms with Gasteiger partial charge in [-0.15, -0.1) is 0 Å². The van der Waals surface area contributed by atoms with E-state index in [4.69, 9.17) is 9.84 Å². The molecule has 6 heteroatoms. The van der Waals surface area contributed by atoms with E-state index in [9.17, 15) is 9.59 Å². The van der Waals surface area contributed by atoms with Gasteiger partial charge in [-0.1, -0.05) is 0 Å². The third-order valence-corrected chi connectivity index (χ3v) is 3.62. The minimum absolute atomic E-state index is 0.0116. The van der Waals surface area contributed by atoms with Gasteiger partial charge < -0.3 is 20.1 Å². The fourth-order valence-corrected chi connectivity index (χ4v) is 2.51. The molecule has 0 aromatic heterocycles. The largest absolute Gasteiger partial charge is 0.480 e. The molecule has 2 saturated carbocycles. The number of methoxy groups -OCH3 is 1. The van der Waals surface area contributed by atoms with Crippen molar-refractivity contribution in [3.05, 3.63) is 0 Å². The number of hydrogen-bond acceptors (Lipinski definition) is 3. The third-order valence-electron chi connectivity index (χ3n) is 3.62. The molecule has 6 nitrogen and oxygen atoms in total. The summed E-state index contributed by atoms with van der Waals surface area (Å²) in [5.74, 6) is -0.966. The lowest BCUT2D eigenvalue weighted by atomic mass is 10.2. The minimum Gasteiger partial charge on any atom is -0.480 e. The number of ether oxygens (including phenoxy) is 1. The zero-order valence-electron chi connectivity index (χ0n) is 10.6. The number of carboxylic acid groups (broad SMARTS) is 1. The van der Waals surface area contributed by atoms with Crippen LogP contribution in [0.25, 0.3) is 0 Å². The SMILES string of the molecule is COC1CCCC1NC(=O)N(CC(=O)O)C1CC1. The molecule has 2 amide bonds. The van der Waals surface area contributed by atoms with Crippen LogP contribution in [0.15, 0.2) is 0 Å². The standard InChI is InChI=1S/C12H20N2O4/c1-18-10-4-2-3-9(10)13-12(17)14(7-11(15)16)8-5-6-8/h8-10H,2-7H2,1H3,(H,13,17)(H,15,16). The lowest BCUT2D eigenvalue weighted by molar-refractivity contribution is -0.137. The van der Waals surface area contributed by atoms with Gasteiger partial charge >= 0.3 is 12.0 Å². The number of nitrogens with zero attached hydrogens (tertiary/aromatic N) is 1. The first-order valence-electron chi connectivity index (χ1n) is 6.43. The van der Waals surface area contributed by atoms with Crippen molar-refractivity contribution < 1.29 is 19.4 Å². The quantitative estimate of drug-likeness (QED) is 0.763. The molecule has 2 unspecified atom stereocenters. The van der Waals surface area contributed by atoms with Crippen LogP contribution in [0.4, 0.5) is 4.79 Å². The Morgan fingerprint density at radius 3 is 2.61 bits per heavy atom. The molecule has 0 saturated heterocycles. The van der Waals surface area contributed by atoms with Gasteiger partial charge in [-0.05, 0) is 32.1 Å². The lowest BCUT2D eigenvalue weighted by Gasteiger charge is -2.25. The number of amides is 2.